The van der Waals surface area contributed by atoms with Gasteiger partial charge < -0.3 is 20.8 Å². The number of nitrogens with one attached hydrogen (secondary N) is 2. The number of carboxylic acids is 2. The Hall–Kier alpha value is -1.89. The Balaban J connectivity index is 2.57. The van der Waals surface area contributed by atoms with Crippen molar-refractivity contribution in [2.24, 2.45) is 0 Å². The number of hydrogen-bond donors (Lipinski definition) is 4. The van der Waals surface area contributed by atoms with Crippen molar-refractivity contribution in [1.82, 2.24) is 10.6 Å². The summed E-state index contributed by atoms with van der Waals surface area (Å²) in [7, 11) is 0. The molecule has 0 aromatic rings. The van der Waals surface area contributed by atoms with Crippen LogP contribution in [0.1, 0.15) is 19.8 Å². The van der Waals surface area contributed by atoms with E-state index in [4.69, 9.17) is 10.2 Å². The molecular formula is C11H16N2O5. The van der Waals surface area contributed by atoms with E-state index in [1.165, 1.54) is 0 Å². The van der Waals surface area contributed by atoms with E-state index in [-0.39, 0.29) is 12.8 Å². The molecule has 0 aliphatic carbocycles. The maximum absolute atomic E-state index is 11.7. The molecule has 1 amide bonds. The van der Waals surface area contributed by atoms with Gasteiger partial charge in [0, 0.05) is 25.1 Å². The number of aliphatic carboxylic acids is 2. The van der Waals surface area contributed by atoms with Gasteiger partial charge in [-0.15, -0.1) is 0 Å². The highest BCUT2D eigenvalue weighted by molar-refractivity contribution is 5.96. The molecule has 1 fully saturated rings. The lowest BCUT2D eigenvalue weighted by Crippen LogP contribution is -2.43. The Labute approximate surface area is 104 Å². The Morgan fingerprint density at radius 3 is 2.33 bits per heavy atom. The number of rotatable bonds is 6. The summed E-state index contributed by atoms with van der Waals surface area (Å²) >= 11 is 0. The molecule has 0 aromatic heterocycles. The maximum Gasteiger partial charge on any atom is 0.326 e. The molecule has 18 heavy (non-hydrogen) atoms. The van der Waals surface area contributed by atoms with Gasteiger partial charge in [-0.2, -0.15) is 0 Å². The Kier molecular flexibility index (Phi) is 4.85. The second kappa shape index (κ2) is 6.15. The van der Waals surface area contributed by atoms with E-state index < -0.39 is 23.9 Å². The maximum atomic E-state index is 11.7. The molecule has 0 radical (unpaired) electrons. The van der Waals surface area contributed by atoms with Gasteiger partial charge in [0.2, 0.25) is 5.91 Å². The number of amides is 1. The number of carboxylic acid groups (broad SMARTS) is 2. The molecule has 1 aliphatic heterocycles. The van der Waals surface area contributed by atoms with Crippen molar-refractivity contribution in [3.63, 3.8) is 0 Å². The monoisotopic (exact) mass is 256 g/mol. The molecule has 4 N–H and O–H groups in total. The highest BCUT2D eigenvalue weighted by Gasteiger charge is 2.23. The van der Waals surface area contributed by atoms with Crippen LogP contribution in [0.3, 0.4) is 0 Å². The normalized spacial score (nSPS) is 15.5. The summed E-state index contributed by atoms with van der Waals surface area (Å²) in [4.78, 5) is 33.0. The molecule has 1 saturated heterocycles. The van der Waals surface area contributed by atoms with E-state index in [0.29, 0.717) is 18.7 Å². The summed E-state index contributed by atoms with van der Waals surface area (Å²) in [5.74, 6) is -2.77. The van der Waals surface area contributed by atoms with Gasteiger partial charge in [0.05, 0.1) is 0 Å². The average molecular weight is 256 g/mol. The minimum Gasteiger partial charge on any atom is -0.481 e. The zero-order chi connectivity index (χ0) is 13.7. The summed E-state index contributed by atoms with van der Waals surface area (Å²) in [5, 5.41) is 22.7. The van der Waals surface area contributed by atoms with Gasteiger partial charge in [-0.1, -0.05) is 0 Å². The van der Waals surface area contributed by atoms with Gasteiger partial charge in [-0.05, 0) is 18.9 Å². The van der Waals surface area contributed by atoms with Crippen LogP contribution >= 0.6 is 0 Å². The molecule has 100 valence electrons. The molecule has 0 bridgehead atoms. The van der Waals surface area contributed by atoms with Crippen LogP contribution in [0, 0.1) is 0 Å². The second-order valence-corrected chi connectivity index (χ2v) is 4.13. The topological polar surface area (TPSA) is 116 Å². The van der Waals surface area contributed by atoms with Crippen LogP contribution in [-0.2, 0) is 14.4 Å². The van der Waals surface area contributed by atoms with Crippen LogP contribution in [0.15, 0.2) is 11.1 Å². The summed E-state index contributed by atoms with van der Waals surface area (Å²) in [6.45, 7) is 2.89. The van der Waals surface area contributed by atoms with Crippen LogP contribution in [0.25, 0.3) is 0 Å². The van der Waals surface area contributed by atoms with Crippen molar-refractivity contribution in [2.45, 2.75) is 25.8 Å². The summed E-state index contributed by atoms with van der Waals surface area (Å²) in [5.41, 5.74) is 1.44. The fourth-order valence-electron chi connectivity index (χ4n) is 1.47. The lowest BCUT2D eigenvalue weighted by molar-refractivity contribution is -0.142. The fourth-order valence-corrected chi connectivity index (χ4v) is 1.47. The van der Waals surface area contributed by atoms with Gasteiger partial charge in [0.25, 0.3) is 0 Å². The Morgan fingerprint density at radius 2 is 1.94 bits per heavy atom. The third-order valence-corrected chi connectivity index (χ3v) is 2.80. The van der Waals surface area contributed by atoms with Crippen molar-refractivity contribution in [3.05, 3.63) is 11.1 Å². The largest absolute Gasteiger partial charge is 0.481 e. The van der Waals surface area contributed by atoms with Crippen molar-refractivity contribution in [1.29, 1.82) is 0 Å². The van der Waals surface area contributed by atoms with E-state index in [1.54, 1.807) is 6.92 Å². The molecule has 0 spiro atoms. The first-order chi connectivity index (χ1) is 8.41. The highest BCUT2D eigenvalue weighted by Crippen LogP contribution is 2.09. The van der Waals surface area contributed by atoms with Crippen LogP contribution in [0.5, 0.6) is 0 Å². The minimum absolute atomic E-state index is 0.128. The molecule has 7 nitrogen and oxygen atoms in total. The van der Waals surface area contributed by atoms with Crippen LogP contribution in [-0.4, -0.2) is 47.2 Å². The molecule has 1 rings (SSSR count). The van der Waals surface area contributed by atoms with Gasteiger partial charge in [0.15, 0.2) is 0 Å². The van der Waals surface area contributed by atoms with Gasteiger partial charge in [-0.3, -0.25) is 9.59 Å². The molecule has 0 aromatic carbocycles. The summed E-state index contributed by atoms with van der Waals surface area (Å²) < 4.78 is 0. The first-order valence-electron chi connectivity index (χ1n) is 5.56. The van der Waals surface area contributed by atoms with Crippen molar-refractivity contribution in [3.8, 4) is 0 Å². The lowest BCUT2D eigenvalue weighted by Gasteiger charge is -2.22. The van der Waals surface area contributed by atoms with Crippen molar-refractivity contribution in [2.75, 3.05) is 13.1 Å². The summed E-state index contributed by atoms with van der Waals surface area (Å²) in [6.07, 6.45) is -0.425. The standard InChI is InChI=1S/C11H16N2O5/c1-6(7-4-12-5-7)10(16)13-8(11(17)18)2-3-9(14)15/h8,12H,2-5H2,1H3,(H,13,16)(H,14,15)(H,17,18). The van der Waals surface area contributed by atoms with Crippen LogP contribution in [0.4, 0.5) is 0 Å². The average Bonchev–Trinajstić information content (AvgIpc) is 2.20. The van der Waals surface area contributed by atoms with Crippen LogP contribution in [0.2, 0.25) is 0 Å². The number of carbonyl (C=O) groups excluding carboxylic acids is 1. The lowest BCUT2D eigenvalue weighted by atomic mass is 10.0. The van der Waals surface area contributed by atoms with E-state index in [0.717, 1.165) is 5.57 Å². The first kappa shape index (κ1) is 14.2. The quantitative estimate of drug-likeness (QED) is 0.469. The molecule has 1 aliphatic rings. The number of hydrogen-bond acceptors (Lipinski definition) is 4. The van der Waals surface area contributed by atoms with Crippen LogP contribution < -0.4 is 10.6 Å². The van der Waals surface area contributed by atoms with Gasteiger partial charge in [0.1, 0.15) is 6.04 Å². The molecule has 0 saturated carbocycles. The van der Waals surface area contributed by atoms with Gasteiger partial charge >= 0.3 is 11.9 Å². The van der Waals surface area contributed by atoms with E-state index in [9.17, 15) is 14.4 Å². The third-order valence-electron chi connectivity index (χ3n) is 2.80. The fraction of sp³-hybridized carbons (Fsp3) is 0.545. The van der Waals surface area contributed by atoms with E-state index in [1.807, 2.05) is 0 Å². The highest BCUT2D eigenvalue weighted by atomic mass is 16.4. The predicted octanol–water partition coefficient (Wildman–Crippen LogP) is -0.660. The molecule has 1 heterocycles. The zero-order valence-electron chi connectivity index (χ0n) is 10.0. The van der Waals surface area contributed by atoms with E-state index >= 15 is 0 Å². The smallest absolute Gasteiger partial charge is 0.326 e. The first-order valence-corrected chi connectivity index (χ1v) is 5.56. The van der Waals surface area contributed by atoms with Crippen molar-refractivity contribution >= 4 is 17.8 Å². The second-order valence-electron chi connectivity index (χ2n) is 4.13. The molecule has 1 atom stereocenters. The zero-order valence-corrected chi connectivity index (χ0v) is 10.0. The summed E-state index contributed by atoms with van der Waals surface area (Å²) in [6, 6.07) is -1.17. The molecule has 7 heteroatoms. The SMILES string of the molecule is CC(C(=O)NC(CCC(=O)O)C(=O)O)=C1CNC1. The van der Waals surface area contributed by atoms with E-state index in [2.05, 4.69) is 10.6 Å². The number of carbonyl (C=O) groups is 3. The van der Waals surface area contributed by atoms with Crippen molar-refractivity contribution < 1.29 is 24.6 Å². The minimum atomic E-state index is -1.23. The molecule has 1 unspecified atom stereocenters. The third kappa shape index (κ3) is 3.85. The molecular weight excluding hydrogens is 240 g/mol. The Bertz CT molecular complexity index is 396. The predicted molar refractivity (Wildman–Crippen MR) is 62.0 cm³/mol. The van der Waals surface area contributed by atoms with Gasteiger partial charge in [-0.25, -0.2) is 4.79 Å². The Morgan fingerprint density at radius 1 is 1.33 bits per heavy atom.